The molecule has 0 radical (unpaired) electrons. The number of ether oxygens (including phenoxy) is 2. The smallest absolute Gasteiger partial charge is 0.421 e. The minimum absolute atomic E-state index is 0.142. The maximum Gasteiger partial charge on any atom is 0.421 e. The monoisotopic (exact) mass is 582 g/mol. The number of rotatable bonds is 5. The van der Waals surface area contributed by atoms with Crippen LogP contribution in [0.2, 0.25) is 0 Å². The summed E-state index contributed by atoms with van der Waals surface area (Å²) in [6.07, 6.45) is -0.225. The van der Waals surface area contributed by atoms with Crippen LogP contribution < -0.4 is 19.7 Å². The Balaban J connectivity index is 0.000000639. The van der Waals surface area contributed by atoms with Crippen molar-refractivity contribution >= 4 is 5.69 Å². The van der Waals surface area contributed by atoms with Gasteiger partial charge in [0.05, 0.1) is 30.8 Å². The lowest BCUT2D eigenvalue weighted by Gasteiger charge is -2.48. The summed E-state index contributed by atoms with van der Waals surface area (Å²) in [6.45, 7) is 7.68. The first-order valence-corrected chi connectivity index (χ1v) is 14.9. The van der Waals surface area contributed by atoms with Crippen LogP contribution in [0.25, 0.3) is 11.3 Å². The van der Waals surface area contributed by atoms with Crippen LogP contribution >= 0.6 is 0 Å². The second kappa shape index (κ2) is 12.9. The van der Waals surface area contributed by atoms with Crippen molar-refractivity contribution in [3.63, 3.8) is 0 Å². The minimum Gasteiger partial charge on any atom is -0.496 e. The van der Waals surface area contributed by atoms with Crippen LogP contribution in [0.4, 0.5) is 18.9 Å². The molecule has 0 atom stereocenters. The number of nitrogens with one attached hydrogen (secondary N) is 1. The number of alkyl halides is 3. The first kappa shape index (κ1) is 30.2. The molecular formula is C33H41F3N4O2. The van der Waals surface area contributed by atoms with E-state index in [1.54, 1.807) is 12.1 Å². The fourth-order valence-electron chi connectivity index (χ4n) is 6.59. The van der Waals surface area contributed by atoms with Crippen molar-refractivity contribution in [2.75, 3.05) is 58.4 Å². The van der Waals surface area contributed by atoms with E-state index in [2.05, 4.69) is 29.4 Å². The Morgan fingerprint density at radius 3 is 2.31 bits per heavy atom. The van der Waals surface area contributed by atoms with Crippen molar-refractivity contribution in [2.24, 2.45) is 0 Å². The Bertz CT molecular complexity index is 1340. The molecule has 1 N–H and O–H groups in total. The summed E-state index contributed by atoms with van der Waals surface area (Å²) in [5, 5.41) is 3.22. The number of piperidine rings is 1. The third-order valence-corrected chi connectivity index (χ3v) is 8.53. The summed E-state index contributed by atoms with van der Waals surface area (Å²) in [4.78, 5) is 9.20. The van der Waals surface area contributed by atoms with E-state index in [-0.39, 0.29) is 16.9 Å². The Hall–Kier alpha value is -3.30. The molecule has 3 aliphatic rings. The summed E-state index contributed by atoms with van der Waals surface area (Å²) in [6, 6.07) is 16.7. The number of halogens is 3. The van der Waals surface area contributed by atoms with Gasteiger partial charge in [-0.05, 0) is 88.6 Å². The van der Waals surface area contributed by atoms with E-state index in [1.165, 1.54) is 44.7 Å². The molecule has 42 heavy (non-hydrogen) atoms. The largest absolute Gasteiger partial charge is 0.496 e. The number of nitrogens with zero attached hydrogens (tertiary/aromatic N) is 3. The molecule has 0 bridgehead atoms. The fraction of sp³-hybridized carbons (Fsp3) is 0.485. The Labute approximate surface area is 246 Å². The van der Waals surface area contributed by atoms with Crippen LogP contribution in [-0.2, 0) is 18.1 Å². The molecule has 2 aromatic carbocycles. The molecule has 1 aromatic heterocycles. The number of fused-ring (bicyclic) bond motifs is 2. The van der Waals surface area contributed by atoms with E-state index >= 15 is 0 Å². The molecule has 0 saturated carbocycles. The predicted octanol–water partition coefficient (Wildman–Crippen LogP) is 6.53. The van der Waals surface area contributed by atoms with E-state index in [4.69, 9.17) is 14.5 Å². The number of likely N-dealkylation sites (N-methyl/N-ethyl adjacent to an activating group) is 1. The van der Waals surface area contributed by atoms with Gasteiger partial charge in [-0.15, -0.1) is 0 Å². The third kappa shape index (κ3) is 6.37. The van der Waals surface area contributed by atoms with Gasteiger partial charge in [-0.1, -0.05) is 24.3 Å². The van der Waals surface area contributed by atoms with Crippen LogP contribution in [0.3, 0.4) is 0 Å². The Kier molecular flexibility index (Phi) is 9.28. The molecular weight excluding hydrogens is 541 g/mol. The summed E-state index contributed by atoms with van der Waals surface area (Å²) in [5.74, 6) is 0.667. The van der Waals surface area contributed by atoms with Gasteiger partial charge in [-0.2, -0.15) is 13.2 Å². The van der Waals surface area contributed by atoms with Crippen molar-refractivity contribution in [2.45, 2.75) is 50.7 Å². The van der Waals surface area contributed by atoms with Crippen LogP contribution in [0.15, 0.2) is 54.6 Å². The quantitative estimate of drug-likeness (QED) is 0.369. The van der Waals surface area contributed by atoms with Gasteiger partial charge in [-0.25, -0.2) is 0 Å². The molecule has 2 saturated heterocycles. The highest BCUT2D eigenvalue weighted by atomic mass is 19.4. The molecule has 3 aromatic rings. The highest BCUT2D eigenvalue weighted by Crippen LogP contribution is 2.47. The number of methoxy groups -OCH3 is 1. The van der Waals surface area contributed by atoms with Gasteiger partial charge < -0.3 is 19.7 Å². The zero-order valence-electron chi connectivity index (χ0n) is 24.8. The summed E-state index contributed by atoms with van der Waals surface area (Å²) < 4.78 is 52.8. The van der Waals surface area contributed by atoms with E-state index in [0.29, 0.717) is 19.7 Å². The van der Waals surface area contributed by atoms with Crippen molar-refractivity contribution in [3.8, 4) is 22.8 Å². The molecule has 226 valence electrons. The highest BCUT2D eigenvalue weighted by Gasteiger charge is 2.44. The molecule has 6 nitrogen and oxygen atoms in total. The number of para-hydroxylation sites is 1. The lowest BCUT2D eigenvalue weighted by atomic mass is 9.69. The molecule has 1 spiro atoms. The minimum atomic E-state index is -4.49. The number of hydrogen-bond donors (Lipinski definition) is 1. The Morgan fingerprint density at radius 1 is 0.952 bits per heavy atom. The van der Waals surface area contributed by atoms with Gasteiger partial charge >= 0.3 is 6.18 Å². The molecule has 9 heteroatoms. The lowest BCUT2D eigenvalue weighted by molar-refractivity contribution is -0.138. The first-order valence-electron chi connectivity index (χ1n) is 14.9. The lowest BCUT2D eigenvalue weighted by Crippen LogP contribution is -2.51. The summed E-state index contributed by atoms with van der Waals surface area (Å²) >= 11 is 0. The second-order valence-corrected chi connectivity index (χ2v) is 11.4. The zero-order valence-corrected chi connectivity index (χ0v) is 24.8. The van der Waals surface area contributed by atoms with Gasteiger partial charge in [0.15, 0.2) is 0 Å². The van der Waals surface area contributed by atoms with Gasteiger partial charge in [0.25, 0.3) is 0 Å². The third-order valence-electron chi connectivity index (χ3n) is 8.53. The van der Waals surface area contributed by atoms with Crippen molar-refractivity contribution in [1.82, 2.24) is 15.2 Å². The van der Waals surface area contributed by atoms with Gasteiger partial charge in [0.1, 0.15) is 17.1 Å². The zero-order chi connectivity index (χ0) is 29.7. The van der Waals surface area contributed by atoms with E-state index in [1.807, 2.05) is 36.1 Å². The molecule has 0 amide bonds. The van der Waals surface area contributed by atoms with E-state index < -0.39 is 11.7 Å². The van der Waals surface area contributed by atoms with Crippen molar-refractivity contribution in [1.29, 1.82) is 0 Å². The van der Waals surface area contributed by atoms with Crippen LogP contribution in [0, 0.1) is 0 Å². The van der Waals surface area contributed by atoms with Crippen molar-refractivity contribution < 1.29 is 22.6 Å². The number of benzene rings is 2. The van der Waals surface area contributed by atoms with Gasteiger partial charge in [-0.3, -0.25) is 9.88 Å². The summed E-state index contributed by atoms with van der Waals surface area (Å²) in [5.41, 5.74) is 3.41. The number of hydrogen-bond acceptors (Lipinski definition) is 6. The number of aromatic nitrogens is 1. The maximum atomic E-state index is 14.0. The molecule has 2 fully saturated rings. The molecule has 0 unspecified atom stereocenters. The maximum absolute atomic E-state index is 14.0. The highest BCUT2D eigenvalue weighted by molar-refractivity contribution is 5.68. The average molecular weight is 583 g/mol. The summed E-state index contributed by atoms with van der Waals surface area (Å²) in [7, 11) is 3.37. The fourth-order valence-corrected chi connectivity index (χ4v) is 6.59. The normalized spacial score (nSPS) is 18.3. The van der Waals surface area contributed by atoms with Gasteiger partial charge in [0, 0.05) is 37.2 Å². The van der Waals surface area contributed by atoms with Crippen molar-refractivity contribution in [3.05, 3.63) is 71.4 Å². The number of anilines is 1. The van der Waals surface area contributed by atoms with Crippen LogP contribution in [0.5, 0.6) is 11.5 Å². The molecule has 6 rings (SSSR count). The first-order chi connectivity index (χ1) is 20.3. The second-order valence-electron chi connectivity index (χ2n) is 11.4. The molecule has 4 heterocycles. The number of pyridine rings is 1. The molecule has 3 aliphatic heterocycles. The van der Waals surface area contributed by atoms with E-state index in [9.17, 15) is 13.2 Å². The Morgan fingerprint density at radius 2 is 1.67 bits per heavy atom. The molecule has 0 aliphatic carbocycles. The standard InChI is InChI=1S/C29H32F3N3O2.C4H9N/c1-4-37-25-10-6-5-8-20(25)22-13-12-21-23(33-22)18-34(2)19-28(21)14-16-35(17-15-28)24-9-7-11-26(36-3)27(24)29(30,31)32;1-2-4-5-3-1/h5-13H,4,14-19H2,1-3H3;5H,1-4H2. The SMILES string of the molecule is C1CCNC1.CCOc1ccccc1-c1ccc2c(n1)CN(C)CC21CCN(c2cccc(OC)c2C(F)(F)F)CC1. The predicted molar refractivity (Wildman–Crippen MR) is 160 cm³/mol. The van der Waals surface area contributed by atoms with Gasteiger partial charge in [0.2, 0.25) is 0 Å². The van der Waals surface area contributed by atoms with Crippen LogP contribution in [0.1, 0.15) is 49.4 Å². The van der Waals surface area contributed by atoms with E-state index in [0.717, 1.165) is 48.6 Å². The average Bonchev–Trinajstić information content (AvgIpc) is 3.57. The van der Waals surface area contributed by atoms with Crippen LogP contribution in [-0.4, -0.2) is 63.4 Å². The topological polar surface area (TPSA) is 49.9 Å².